The number of hydrogen-bond acceptors (Lipinski definition) is 5. The number of alkyl halides is 3. The van der Waals surface area contributed by atoms with Crippen molar-refractivity contribution in [3.8, 4) is 0 Å². The van der Waals surface area contributed by atoms with Crippen LogP contribution >= 0.6 is 28.6 Å². The molecule has 18 heavy (non-hydrogen) atoms. The molecule has 0 saturated heterocycles. The number of hydrogen-bond donors (Lipinski definition) is 2. The monoisotopic (exact) mass is 363 g/mol. The smallest absolute Gasteiger partial charge is 0.355 e. The third-order valence-electron chi connectivity index (χ3n) is 1.68. The first kappa shape index (κ1) is 15.3. The predicted octanol–water partition coefficient (Wildman–Crippen LogP) is 2.93. The fourth-order valence-electron chi connectivity index (χ4n) is 0.899. The molecule has 100 valence electrons. The number of nitrogens with one attached hydrogen (secondary N) is 1. The Hall–Kier alpha value is -0.740. The molecule has 0 aromatic heterocycles. The largest absolute Gasteiger partial charge is 0.534 e. The van der Waals surface area contributed by atoms with Crippen LogP contribution in [0.2, 0.25) is 0 Å². The molecule has 0 aliphatic carbocycles. The van der Waals surface area contributed by atoms with Gasteiger partial charge in [-0.2, -0.15) is 21.6 Å². The average molecular weight is 364 g/mol. The summed E-state index contributed by atoms with van der Waals surface area (Å²) in [4.78, 5) is 0.103. The van der Waals surface area contributed by atoms with E-state index in [0.29, 0.717) is 4.47 Å². The first-order valence-electron chi connectivity index (χ1n) is 4.13. The SMILES string of the molecule is N=C(OS(=O)(=O)C(F)(F)F)c1ccc(Br)cc1S. The van der Waals surface area contributed by atoms with E-state index in [1.807, 2.05) is 0 Å². The van der Waals surface area contributed by atoms with E-state index in [-0.39, 0.29) is 10.5 Å². The highest BCUT2D eigenvalue weighted by molar-refractivity contribution is 9.10. The van der Waals surface area contributed by atoms with Gasteiger partial charge in [-0.15, -0.1) is 12.6 Å². The van der Waals surface area contributed by atoms with Crippen molar-refractivity contribution in [2.75, 3.05) is 0 Å². The van der Waals surface area contributed by atoms with Crippen LogP contribution in [0, 0.1) is 5.41 Å². The van der Waals surface area contributed by atoms with Gasteiger partial charge in [0.15, 0.2) is 0 Å². The second-order valence-electron chi connectivity index (χ2n) is 2.97. The van der Waals surface area contributed by atoms with Crippen molar-refractivity contribution in [3.05, 3.63) is 28.2 Å². The molecule has 10 heteroatoms. The number of rotatable bonds is 2. The number of thiol groups is 1. The molecule has 0 amide bonds. The first-order chi connectivity index (χ1) is 8.04. The maximum Gasteiger partial charge on any atom is 0.534 e. The summed E-state index contributed by atoms with van der Waals surface area (Å²) in [5, 5.41) is 7.21. The molecule has 1 rings (SSSR count). The molecule has 0 unspecified atom stereocenters. The Kier molecular flexibility index (Phi) is 4.34. The lowest BCUT2D eigenvalue weighted by Crippen LogP contribution is -2.28. The standard InChI is InChI=1S/C8H5BrF3NO3S2/c9-4-1-2-5(6(17)3-4)7(13)16-18(14,15)8(10,11)12/h1-3,13,17H. The van der Waals surface area contributed by atoms with Crippen molar-refractivity contribution < 1.29 is 25.8 Å². The van der Waals surface area contributed by atoms with Gasteiger partial charge < -0.3 is 4.18 Å². The highest BCUT2D eigenvalue weighted by Crippen LogP contribution is 2.27. The molecule has 0 aliphatic heterocycles. The van der Waals surface area contributed by atoms with Crippen molar-refractivity contribution in [1.29, 1.82) is 5.41 Å². The Labute approximate surface area is 114 Å². The van der Waals surface area contributed by atoms with Crippen LogP contribution in [0.5, 0.6) is 0 Å². The second-order valence-corrected chi connectivity index (χ2v) is 5.91. The maximum atomic E-state index is 12.0. The van der Waals surface area contributed by atoms with E-state index >= 15 is 0 Å². The fraction of sp³-hybridized carbons (Fsp3) is 0.125. The van der Waals surface area contributed by atoms with Crippen LogP contribution in [0.25, 0.3) is 0 Å². The van der Waals surface area contributed by atoms with Crippen LogP contribution in [0.15, 0.2) is 27.6 Å². The third-order valence-corrected chi connectivity index (χ3v) is 3.50. The van der Waals surface area contributed by atoms with Gasteiger partial charge in [-0.05, 0) is 18.2 Å². The molecular formula is C8H5BrF3NO3S2. The van der Waals surface area contributed by atoms with E-state index in [4.69, 9.17) is 5.41 Å². The maximum absolute atomic E-state index is 12.0. The lowest BCUT2D eigenvalue weighted by atomic mass is 10.2. The van der Waals surface area contributed by atoms with Gasteiger partial charge in [0.2, 0.25) is 5.90 Å². The summed E-state index contributed by atoms with van der Waals surface area (Å²) in [6.07, 6.45) is 0. The molecule has 4 nitrogen and oxygen atoms in total. The minimum atomic E-state index is -5.84. The minimum absolute atomic E-state index is 0.103. The second kappa shape index (κ2) is 5.10. The van der Waals surface area contributed by atoms with Gasteiger partial charge in [0.1, 0.15) is 0 Å². The number of benzene rings is 1. The highest BCUT2D eigenvalue weighted by atomic mass is 79.9. The summed E-state index contributed by atoms with van der Waals surface area (Å²) < 4.78 is 61.7. The Morgan fingerprint density at radius 2 is 1.94 bits per heavy atom. The number of halogens is 4. The Morgan fingerprint density at radius 1 is 1.39 bits per heavy atom. The van der Waals surface area contributed by atoms with Gasteiger partial charge >= 0.3 is 15.6 Å². The van der Waals surface area contributed by atoms with Gasteiger partial charge in [0, 0.05) is 9.37 Å². The lowest BCUT2D eigenvalue weighted by molar-refractivity contribution is -0.0504. The molecule has 0 saturated carbocycles. The van der Waals surface area contributed by atoms with E-state index in [0.717, 1.165) is 0 Å². The van der Waals surface area contributed by atoms with Crippen LogP contribution in [0.1, 0.15) is 5.56 Å². The molecular weight excluding hydrogens is 359 g/mol. The fourth-order valence-corrected chi connectivity index (χ4v) is 2.16. The Bertz CT molecular complexity index is 586. The van der Waals surface area contributed by atoms with Gasteiger partial charge in [0.25, 0.3) is 0 Å². The molecule has 0 fully saturated rings. The van der Waals surface area contributed by atoms with Crippen LogP contribution in [0.3, 0.4) is 0 Å². The molecule has 0 radical (unpaired) electrons. The Morgan fingerprint density at radius 3 is 2.39 bits per heavy atom. The summed E-state index contributed by atoms with van der Waals surface area (Å²) in [6, 6.07) is 4.00. The van der Waals surface area contributed by atoms with Crippen molar-refractivity contribution in [1.82, 2.24) is 0 Å². The first-order valence-corrected chi connectivity index (χ1v) is 6.77. The normalized spacial score (nSPS) is 12.3. The van der Waals surface area contributed by atoms with E-state index < -0.39 is 21.5 Å². The molecule has 0 spiro atoms. The zero-order valence-corrected chi connectivity index (χ0v) is 11.6. The molecule has 0 heterocycles. The van der Waals surface area contributed by atoms with E-state index in [1.54, 1.807) is 0 Å². The van der Waals surface area contributed by atoms with E-state index in [9.17, 15) is 21.6 Å². The van der Waals surface area contributed by atoms with Gasteiger partial charge in [0.05, 0.1) is 5.56 Å². The zero-order valence-electron chi connectivity index (χ0n) is 8.32. The van der Waals surface area contributed by atoms with Crippen molar-refractivity contribution in [3.63, 3.8) is 0 Å². The summed E-state index contributed by atoms with van der Waals surface area (Å²) in [6.45, 7) is 0. The van der Waals surface area contributed by atoms with Gasteiger partial charge in [-0.3, -0.25) is 5.41 Å². The molecule has 1 aromatic carbocycles. The minimum Gasteiger partial charge on any atom is -0.355 e. The van der Waals surface area contributed by atoms with Crippen molar-refractivity contribution >= 4 is 44.6 Å². The van der Waals surface area contributed by atoms with Crippen LogP contribution in [0.4, 0.5) is 13.2 Å². The summed E-state index contributed by atoms with van der Waals surface area (Å²) in [5.41, 5.74) is -5.75. The molecule has 0 bridgehead atoms. The topological polar surface area (TPSA) is 67.2 Å². The highest BCUT2D eigenvalue weighted by Gasteiger charge is 2.49. The molecule has 1 N–H and O–H groups in total. The summed E-state index contributed by atoms with van der Waals surface area (Å²) in [5.74, 6) is -1.15. The molecule has 1 aromatic rings. The average Bonchev–Trinajstić information content (AvgIpc) is 2.14. The molecule has 0 atom stereocenters. The van der Waals surface area contributed by atoms with Crippen LogP contribution in [-0.2, 0) is 14.3 Å². The lowest BCUT2D eigenvalue weighted by Gasteiger charge is -2.11. The summed E-state index contributed by atoms with van der Waals surface area (Å²) >= 11 is 6.98. The zero-order chi connectivity index (χ0) is 14.1. The summed E-state index contributed by atoms with van der Waals surface area (Å²) in [7, 11) is -5.84. The van der Waals surface area contributed by atoms with E-state index in [1.165, 1.54) is 18.2 Å². The van der Waals surface area contributed by atoms with Gasteiger partial charge in [-0.1, -0.05) is 15.9 Å². The molecule has 0 aliphatic rings. The predicted molar refractivity (Wildman–Crippen MR) is 64.3 cm³/mol. The van der Waals surface area contributed by atoms with Crippen LogP contribution in [-0.4, -0.2) is 19.8 Å². The quantitative estimate of drug-likeness (QED) is 0.279. The van der Waals surface area contributed by atoms with E-state index in [2.05, 4.69) is 32.7 Å². The van der Waals surface area contributed by atoms with Crippen LogP contribution < -0.4 is 0 Å². The van der Waals surface area contributed by atoms with Gasteiger partial charge in [-0.25, -0.2) is 0 Å². The third kappa shape index (κ3) is 3.39. The van der Waals surface area contributed by atoms with Crippen molar-refractivity contribution in [2.45, 2.75) is 10.4 Å². The Balaban J connectivity index is 3.04. The van der Waals surface area contributed by atoms with Crippen molar-refractivity contribution in [2.24, 2.45) is 0 Å².